The molecule has 90 valence electrons. The van der Waals surface area contributed by atoms with Crippen molar-refractivity contribution in [2.24, 2.45) is 11.1 Å². The van der Waals surface area contributed by atoms with Crippen LogP contribution in [0.25, 0.3) is 0 Å². The minimum absolute atomic E-state index is 0.0289. The minimum atomic E-state index is -3.40. The number of primary sulfonamides is 1. The summed E-state index contributed by atoms with van der Waals surface area (Å²) < 4.78 is 21.1. The summed E-state index contributed by atoms with van der Waals surface area (Å²) in [6.07, 6.45) is 1.82. The van der Waals surface area contributed by atoms with E-state index in [-0.39, 0.29) is 11.7 Å². The largest absolute Gasteiger partial charge is 0.356 e. The van der Waals surface area contributed by atoms with Crippen LogP contribution in [0.2, 0.25) is 0 Å². The van der Waals surface area contributed by atoms with Gasteiger partial charge in [-0.1, -0.05) is 20.3 Å². The molecule has 0 aliphatic carbocycles. The molecule has 0 spiro atoms. The Hall–Kier alpha value is -0.620. The summed E-state index contributed by atoms with van der Waals surface area (Å²) in [7, 11) is -3.40. The summed E-state index contributed by atoms with van der Waals surface area (Å²) in [5.41, 5.74) is 0. The molecule has 3 N–H and O–H groups in total. The fourth-order valence-corrected chi connectivity index (χ4v) is 1.58. The van der Waals surface area contributed by atoms with Gasteiger partial charge >= 0.3 is 0 Å². The Morgan fingerprint density at radius 3 is 2.53 bits per heavy atom. The Morgan fingerprint density at radius 2 is 2.07 bits per heavy atom. The number of amides is 1. The van der Waals surface area contributed by atoms with Gasteiger partial charge < -0.3 is 5.32 Å². The van der Waals surface area contributed by atoms with E-state index in [4.69, 9.17) is 5.14 Å². The number of nitrogens with one attached hydrogen (secondary N) is 1. The number of carbonyl (C=O) groups is 1. The van der Waals surface area contributed by atoms with E-state index in [2.05, 4.69) is 5.32 Å². The molecule has 1 atom stereocenters. The molecule has 15 heavy (non-hydrogen) atoms. The van der Waals surface area contributed by atoms with Crippen LogP contribution in [0.4, 0.5) is 0 Å². The third-order valence-electron chi connectivity index (χ3n) is 2.16. The molecule has 5 nitrogen and oxygen atoms in total. The molecule has 0 saturated heterocycles. The highest BCUT2D eigenvalue weighted by atomic mass is 32.2. The molecule has 0 rings (SSSR count). The molecule has 1 unspecified atom stereocenters. The second kappa shape index (κ2) is 6.79. The predicted molar refractivity (Wildman–Crippen MR) is 59.7 cm³/mol. The monoisotopic (exact) mass is 236 g/mol. The summed E-state index contributed by atoms with van der Waals surface area (Å²) in [5, 5.41) is 7.48. The lowest BCUT2D eigenvalue weighted by Gasteiger charge is -2.08. The average Bonchev–Trinajstić information content (AvgIpc) is 2.11. The number of hydrogen-bond donors (Lipinski definition) is 2. The molecule has 6 heteroatoms. The van der Waals surface area contributed by atoms with Crippen LogP contribution in [0.1, 0.15) is 33.1 Å². The van der Waals surface area contributed by atoms with E-state index in [1.54, 1.807) is 0 Å². The molecular weight excluding hydrogens is 216 g/mol. The summed E-state index contributed by atoms with van der Waals surface area (Å²) in [5.74, 6) is 0.248. The van der Waals surface area contributed by atoms with Crippen molar-refractivity contribution >= 4 is 15.9 Å². The number of sulfonamides is 1. The molecule has 0 aliphatic rings. The standard InChI is InChI=1S/C9H20N2O3S/c1-3-8(2)7-9(12)11-5-4-6-15(10,13)14/h8H,3-7H2,1-2H3,(H,11,12)(H2,10,13,14). The Morgan fingerprint density at radius 1 is 1.47 bits per heavy atom. The lowest BCUT2D eigenvalue weighted by molar-refractivity contribution is -0.121. The van der Waals surface area contributed by atoms with Crippen LogP contribution < -0.4 is 10.5 Å². The molecule has 0 aromatic heterocycles. The Balaban J connectivity index is 3.56. The Labute approximate surface area is 91.5 Å². The first kappa shape index (κ1) is 14.4. The second-order valence-corrected chi connectivity index (χ2v) is 5.52. The van der Waals surface area contributed by atoms with E-state index in [0.717, 1.165) is 6.42 Å². The topological polar surface area (TPSA) is 89.3 Å². The smallest absolute Gasteiger partial charge is 0.220 e. The number of hydrogen-bond acceptors (Lipinski definition) is 3. The van der Waals surface area contributed by atoms with E-state index < -0.39 is 10.0 Å². The van der Waals surface area contributed by atoms with Gasteiger partial charge in [0.25, 0.3) is 0 Å². The van der Waals surface area contributed by atoms with Gasteiger partial charge in [-0.3, -0.25) is 4.79 Å². The highest BCUT2D eigenvalue weighted by Crippen LogP contribution is 2.05. The van der Waals surface area contributed by atoms with Gasteiger partial charge in [-0.25, -0.2) is 13.6 Å². The fraction of sp³-hybridized carbons (Fsp3) is 0.889. The van der Waals surface area contributed by atoms with Crippen LogP contribution in [0.5, 0.6) is 0 Å². The quantitative estimate of drug-likeness (QED) is 0.619. The number of rotatable bonds is 7. The van der Waals surface area contributed by atoms with Crippen molar-refractivity contribution in [2.75, 3.05) is 12.3 Å². The molecule has 0 saturated carbocycles. The van der Waals surface area contributed by atoms with Crippen LogP contribution in [0.3, 0.4) is 0 Å². The maximum Gasteiger partial charge on any atom is 0.220 e. The van der Waals surface area contributed by atoms with Crippen molar-refractivity contribution in [3.05, 3.63) is 0 Å². The van der Waals surface area contributed by atoms with Gasteiger partial charge in [0.15, 0.2) is 0 Å². The predicted octanol–water partition coefficient (Wildman–Crippen LogP) is 0.217. The van der Waals surface area contributed by atoms with Crippen molar-refractivity contribution in [3.63, 3.8) is 0 Å². The van der Waals surface area contributed by atoms with Gasteiger partial charge in [-0.2, -0.15) is 0 Å². The molecule has 0 radical (unpaired) electrons. The van der Waals surface area contributed by atoms with E-state index in [0.29, 0.717) is 25.3 Å². The van der Waals surface area contributed by atoms with E-state index in [9.17, 15) is 13.2 Å². The first-order valence-electron chi connectivity index (χ1n) is 5.12. The molecule has 0 fully saturated rings. The molecule has 0 bridgehead atoms. The van der Waals surface area contributed by atoms with Gasteiger partial charge in [-0.15, -0.1) is 0 Å². The summed E-state index contributed by atoms with van der Waals surface area (Å²) in [6.45, 7) is 4.40. The number of nitrogens with two attached hydrogens (primary N) is 1. The van der Waals surface area contributed by atoms with Gasteiger partial charge in [0.1, 0.15) is 0 Å². The van der Waals surface area contributed by atoms with Gasteiger partial charge in [0, 0.05) is 13.0 Å². The molecule has 0 heterocycles. The third-order valence-corrected chi connectivity index (χ3v) is 3.02. The fourth-order valence-electron chi connectivity index (χ4n) is 1.03. The molecular formula is C9H20N2O3S. The van der Waals surface area contributed by atoms with Gasteiger partial charge in [0.05, 0.1) is 5.75 Å². The van der Waals surface area contributed by atoms with Crippen molar-refractivity contribution in [1.82, 2.24) is 5.32 Å². The third kappa shape index (κ3) is 9.68. The molecule has 0 aliphatic heterocycles. The zero-order chi connectivity index (χ0) is 11.9. The van der Waals surface area contributed by atoms with Crippen LogP contribution in [-0.4, -0.2) is 26.6 Å². The summed E-state index contributed by atoms with van der Waals surface area (Å²) >= 11 is 0. The van der Waals surface area contributed by atoms with Crippen molar-refractivity contribution in [3.8, 4) is 0 Å². The van der Waals surface area contributed by atoms with Crippen LogP contribution >= 0.6 is 0 Å². The highest BCUT2D eigenvalue weighted by Gasteiger charge is 2.07. The first-order chi connectivity index (χ1) is 6.85. The maximum atomic E-state index is 11.2. The van der Waals surface area contributed by atoms with Gasteiger partial charge in [0.2, 0.25) is 15.9 Å². The SMILES string of the molecule is CCC(C)CC(=O)NCCCS(N)(=O)=O. The van der Waals surface area contributed by atoms with Crippen molar-refractivity contribution < 1.29 is 13.2 Å². The van der Waals surface area contributed by atoms with Crippen molar-refractivity contribution in [1.29, 1.82) is 0 Å². The van der Waals surface area contributed by atoms with Crippen LogP contribution in [0.15, 0.2) is 0 Å². The Bertz CT molecular complexity index is 288. The van der Waals surface area contributed by atoms with E-state index in [1.807, 2.05) is 13.8 Å². The second-order valence-electron chi connectivity index (χ2n) is 3.79. The van der Waals surface area contributed by atoms with E-state index >= 15 is 0 Å². The molecule has 1 amide bonds. The summed E-state index contributed by atoms with van der Waals surface area (Å²) in [4.78, 5) is 11.2. The normalized spacial score (nSPS) is 13.5. The minimum Gasteiger partial charge on any atom is -0.356 e. The van der Waals surface area contributed by atoms with E-state index in [1.165, 1.54) is 0 Å². The van der Waals surface area contributed by atoms with Gasteiger partial charge in [-0.05, 0) is 12.3 Å². The maximum absolute atomic E-state index is 11.2. The zero-order valence-corrected chi connectivity index (χ0v) is 10.1. The lowest BCUT2D eigenvalue weighted by Crippen LogP contribution is -2.28. The summed E-state index contributed by atoms with van der Waals surface area (Å²) in [6, 6.07) is 0. The Kier molecular flexibility index (Phi) is 6.51. The molecule has 0 aromatic rings. The first-order valence-corrected chi connectivity index (χ1v) is 6.84. The lowest BCUT2D eigenvalue weighted by atomic mass is 10.1. The highest BCUT2D eigenvalue weighted by molar-refractivity contribution is 7.89. The van der Waals surface area contributed by atoms with Crippen LogP contribution in [-0.2, 0) is 14.8 Å². The van der Waals surface area contributed by atoms with Crippen LogP contribution in [0, 0.1) is 5.92 Å². The average molecular weight is 236 g/mol. The van der Waals surface area contributed by atoms with Crippen molar-refractivity contribution in [2.45, 2.75) is 33.1 Å². The molecule has 0 aromatic carbocycles. The zero-order valence-electron chi connectivity index (χ0n) is 9.32. The number of carbonyl (C=O) groups excluding carboxylic acids is 1.